The third-order valence-electron chi connectivity index (χ3n) is 4.84. The maximum absolute atomic E-state index is 2.60. The summed E-state index contributed by atoms with van der Waals surface area (Å²) in [5.74, 6) is 0. The number of rotatable bonds is 8. The molecule has 0 aliphatic heterocycles. The van der Waals surface area contributed by atoms with Crippen molar-refractivity contribution in [2.45, 2.75) is 79.1 Å². The van der Waals surface area contributed by atoms with Crippen LogP contribution in [-0.2, 0) is 23.2 Å². The first kappa shape index (κ1) is 23.4. The summed E-state index contributed by atoms with van der Waals surface area (Å²) in [7, 11) is 0. The van der Waals surface area contributed by atoms with Crippen LogP contribution in [0.2, 0.25) is 0 Å². The third kappa shape index (κ3) is 6.34. The minimum Gasteiger partial charge on any atom is -1.00 e. The number of allylic oxidation sites excluding steroid dienone is 8. The number of halogens is 2. The van der Waals surface area contributed by atoms with Crippen LogP contribution in [-0.4, -0.2) is 0 Å². The molecule has 0 radical (unpaired) electrons. The van der Waals surface area contributed by atoms with Gasteiger partial charge in [0.2, 0.25) is 0 Å². The third-order valence-corrected chi connectivity index (χ3v) is 8.83. The molecule has 0 aromatic rings. The van der Waals surface area contributed by atoms with E-state index in [9.17, 15) is 0 Å². The van der Waals surface area contributed by atoms with Gasteiger partial charge in [0.05, 0.1) is 0 Å². The van der Waals surface area contributed by atoms with Gasteiger partial charge in [-0.05, 0) is 0 Å². The van der Waals surface area contributed by atoms with Crippen LogP contribution in [0.15, 0.2) is 41.0 Å². The van der Waals surface area contributed by atoms with Crippen LogP contribution in [0.5, 0.6) is 0 Å². The monoisotopic (exact) mass is 430 g/mol. The standard InChI is InChI=1S/C13H21.C7H9.2ClH.Zr/c1-3-5-8-12-10-7-11-13(12)9-6-4-2;1-6-4-3-5-7(6)2;;;/h7H,3-6,8-10H2,1-2H3;3H,4H2,1-2H3;2*1H;/q;;;;+2/p-2. The molecule has 0 nitrogen and oxygen atoms in total. The molecule has 0 heterocycles. The molecule has 0 amide bonds. The van der Waals surface area contributed by atoms with Gasteiger partial charge in [0.1, 0.15) is 0 Å². The molecule has 0 bridgehead atoms. The van der Waals surface area contributed by atoms with Crippen molar-refractivity contribution >= 4 is 0 Å². The Morgan fingerprint density at radius 3 is 2.04 bits per heavy atom. The van der Waals surface area contributed by atoms with Crippen LogP contribution < -0.4 is 24.8 Å². The van der Waals surface area contributed by atoms with Crippen molar-refractivity contribution in [2.75, 3.05) is 0 Å². The van der Waals surface area contributed by atoms with Gasteiger partial charge in [-0.25, -0.2) is 0 Å². The molecule has 0 spiro atoms. The van der Waals surface area contributed by atoms with Crippen molar-refractivity contribution in [2.24, 2.45) is 0 Å². The molecule has 0 unspecified atom stereocenters. The van der Waals surface area contributed by atoms with Crippen molar-refractivity contribution in [3.05, 3.63) is 41.0 Å². The maximum Gasteiger partial charge on any atom is -1.00 e. The molecule has 0 aromatic heterocycles. The molecule has 23 heavy (non-hydrogen) atoms. The summed E-state index contributed by atoms with van der Waals surface area (Å²) in [5, 5.41) is 0. The molecule has 0 atom stereocenters. The second kappa shape index (κ2) is 11.9. The first-order chi connectivity index (χ1) is 10.2. The Hall–Kier alpha value is 0.423. The van der Waals surface area contributed by atoms with Gasteiger partial charge in [0.15, 0.2) is 0 Å². The molecule has 0 saturated heterocycles. The van der Waals surface area contributed by atoms with Crippen LogP contribution in [0.25, 0.3) is 0 Å². The van der Waals surface area contributed by atoms with E-state index in [0.29, 0.717) is 0 Å². The maximum atomic E-state index is 2.60. The van der Waals surface area contributed by atoms with E-state index in [4.69, 9.17) is 0 Å². The summed E-state index contributed by atoms with van der Waals surface area (Å²) in [6.45, 7) is 9.28. The normalized spacial score (nSPS) is 16.7. The predicted molar refractivity (Wildman–Crippen MR) is 89.9 cm³/mol. The summed E-state index contributed by atoms with van der Waals surface area (Å²) in [6.07, 6.45) is 15.7. The fourth-order valence-corrected chi connectivity index (χ4v) is 6.99. The van der Waals surface area contributed by atoms with E-state index in [1.54, 1.807) is 25.6 Å². The van der Waals surface area contributed by atoms with E-state index >= 15 is 0 Å². The van der Waals surface area contributed by atoms with Gasteiger partial charge in [-0.15, -0.1) is 0 Å². The Morgan fingerprint density at radius 2 is 1.48 bits per heavy atom. The molecule has 2 rings (SSSR count). The van der Waals surface area contributed by atoms with E-state index in [-0.39, 0.29) is 24.8 Å². The minimum atomic E-state index is -0.557. The number of hydrogen-bond donors (Lipinski definition) is 0. The van der Waals surface area contributed by atoms with Crippen molar-refractivity contribution < 1.29 is 48.0 Å². The molecule has 0 N–H and O–H groups in total. The average molecular weight is 433 g/mol. The zero-order valence-corrected chi connectivity index (χ0v) is 19.0. The molecule has 128 valence electrons. The SMILES string of the molecule is CCCCC1=C(CCCC)[C]([Zr+2][C]2=CCC(C)=C2C)=CC1.[Cl-].[Cl-]. The number of unbranched alkanes of at least 4 members (excludes halogenated alkanes) is 2. The predicted octanol–water partition coefficient (Wildman–Crippen LogP) is 0.666. The first-order valence-corrected chi connectivity index (χ1v) is 11.2. The molecule has 3 heteroatoms. The second-order valence-corrected chi connectivity index (χ2v) is 9.73. The second-order valence-electron chi connectivity index (χ2n) is 6.46. The van der Waals surface area contributed by atoms with Gasteiger partial charge in [0.25, 0.3) is 0 Å². The zero-order chi connectivity index (χ0) is 15.2. The topological polar surface area (TPSA) is 0 Å². The summed E-state index contributed by atoms with van der Waals surface area (Å²) in [4.78, 5) is 0. The van der Waals surface area contributed by atoms with E-state index in [1.807, 2.05) is 3.28 Å². The van der Waals surface area contributed by atoms with E-state index in [1.165, 1.54) is 51.4 Å². The Morgan fingerprint density at radius 1 is 0.870 bits per heavy atom. The Labute approximate surface area is 167 Å². The van der Waals surface area contributed by atoms with Crippen LogP contribution in [0.1, 0.15) is 79.1 Å². The summed E-state index contributed by atoms with van der Waals surface area (Å²) in [6, 6.07) is 0. The number of hydrogen-bond acceptors (Lipinski definition) is 0. The fraction of sp³-hybridized carbons (Fsp3) is 0.600. The summed E-state index contributed by atoms with van der Waals surface area (Å²) >= 11 is -0.557. The Bertz CT molecular complexity index is 510. The molecule has 2 aliphatic carbocycles. The van der Waals surface area contributed by atoms with Gasteiger partial charge in [-0.3, -0.25) is 0 Å². The molecule has 2 aliphatic rings. The van der Waals surface area contributed by atoms with Gasteiger partial charge in [-0.2, -0.15) is 0 Å². The first-order valence-electron chi connectivity index (χ1n) is 8.72. The average Bonchev–Trinajstić information content (AvgIpc) is 3.01. The molecular formula is C20H30Cl2Zr. The van der Waals surface area contributed by atoms with Gasteiger partial charge in [0, 0.05) is 0 Å². The molecule has 0 fully saturated rings. The molecule has 0 saturated carbocycles. The van der Waals surface area contributed by atoms with Gasteiger partial charge in [-0.1, -0.05) is 0 Å². The summed E-state index contributed by atoms with van der Waals surface area (Å²) < 4.78 is 3.58. The van der Waals surface area contributed by atoms with Gasteiger partial charge < -0.3 is 24.8 Å². The van der Waals surface area contributed by atoms with Crippen LogP contribution in [0.3, 0.4) is 0 Å². The van der Waals surface area contributed by atoms with Crippen LogP contribution in [0, 0.1) is 0 Å². The zero-order valence-electron chi connectivity index (χ0n) is 15.1. The van der Waals surface area contributed by atoms with E-state index < -0.39 is 23.2 Å². The minimum absolute atomic E-state index is 0. The van der Waals surface area contributed by atoms with Crippen LogP contribution >= 0.6 is 0 Å². The van der Waals surface area contributed by atoms with Crippen molar-refractivity contribution in [3.63, 3.8) is 0 Å². The van der Waals surface area contributed by atoms with Gasteiger partial charge >= 0.3 is 143 Å². The van der Waals surface area contributed by atoms with Crippen molar-refractivity contribution in [3.8, 4) is 0 Å². The van der Waals surface area contributed by atoms with E-state index in [2.05, 4.69) is 39.8 Å². The van der Waals surface area contributed by atoms with Crippen molar-refractivity contribution in [1.29, 1.82) is 0 Å². The van der Waals surface area contributed by atoms with Crippen LogP contribution in [0.4, 0.5) is 0 Å². The Balaban J connectivity index is 0.00000242. The summed E-state index contributed by atoms with van der Waals surface area (Å²) in [5.41, 5.74) is 6.82. The van der Waals surface area contributed by atoms with E-state index in [0.717, 1.165) is 0 Å². The van der Waals surface area contributed by atoms with Crippen molar-refractivity contribution in [1.82, 2.24) is 0 Å². The quantitative estimate of drug-likeness (QED) is 0.529. The Kier molecular flexibility index (Phi) is 12.1. The fourth-order valence-electron chi connectivity index (χ4n) is 3.18. The largest absolute Gasteiger partial charge is 1.00 e. The smallest absolute Gasteiger partial charge is 1.00 e. The molecule has 0 aromatic carbocycles. The molecular weight excluding hydrogens is 402 g/mol.